The molecule has 0 spiro atoms. The number of hydrogen-bond acceptors (Lipinski definition) is 8. The summed E-state index contributed by atoms with van der Waals surface area (Å²) < 4.78 is 10.2. The molecule has 2 saturated heterocycles. The quantitative estimate of drug-likeness (QED) is 0.317. The number of rotatable bonds is 4. The Balaban J connectivity index is 0.00000242. The number of aliphatic carboxylic acids is 1. The topological polar surface area (TPSA) is 111 Å². The van der Waals surface area contributed by atoms with Crippen molar-refractivity contribution < 1.29 is 53.8 Å². The van der Waals surface area contributed by atoms with Crippen molar-refractivity contribution in [1.82, 2.24) is 9.62 Å². The normalized spacial score (nSPS) is 26.8. The van der Waals surface area contributed by atoms with Gasteiger partial charge in [0.2, 0.25) is 0 Å². The minimum Gasteiger partial charge on any atom is -0.548 e. The van der Waals surface area contributed by atoms with Gasteiger partial charge in [0.1, 0.15) is 11.1 Å². The van der Waals surface area contributed by atoms with E-state index >= 15 is 0 Å². The second-order valence-electron chi connectivity index (χ2n) is 4.90. The molecule has 116 valence electrons. The molecule has 0 aliphatic carbocycles. The van der Waals surface area contributed by atoms with Gasteiger partial charge in [-0.05, 0) is 20.8 Å². The van der Waals surface area contributed by atoms with Crippen LogP contribution in [-0.2, 0) is 14.3 Å². The van der Waals surface area contributed by atoms with Crippen LogP contribution in [0.4, 0.5) is 4.79 Å². The van der Waals surface area contributed by atoms with E-state index in [9.17, 15) is 19.5 Å². The number of nitrogens with one attached hydrogen (secondary N) is 1. The van der Waals surface area contributed by atoms with Gasteiger partial charge in [0.25, 0.3) is 5.91 Å². The first-order valence-electron chi connectivity index (χ1n) is 6.17. The van der Waals surface area contributed by atoms with Crippen molar-refractivity contribution in [3.05, 3.63) is 0 Å². The number of β-lactam (4-membered cyclic amide) rings is 1. The van der Waals surface area contributed by atoms with Crippen molar-refractivity contribution in [2.24, 2.45) is 4.40 Å². The summed E-state index contributed by atoms with van der Waals surface area (Å²) >= 11 is 2.02. The number of carbonyl (C=O) groups is 3. The number of nitrogens with zero attached hydrogens (tertiary/aromatic N) is 2. The summed E-state index contributed by atoms with van der Waals surface area (Å²) in [5.41, 5.74) is 0.221. The molecule has 2 amide bonds. The number of carboxylic acid groups (broad SMARTS) is 1. The Morgan fingerprint density at radius 2 is 2.18 bits per heavy atom. The second-order valence-corrected chi connectivity index (χ2v) is 7.20. The van der Waals surface area contributed by atoms with Crippen LogP contribution in [0.3, 0.4) is 0 Å². The molecule has 2 atom stereocenters. The molecule has 0 saturated carbocycles. The third kappa shape index (κ3) is 3.56. The van der Waals surface area contributed by atoms with Crippen LogP contribution in [0.5, 0.6) is 0 Å². The molecule has 2 heterocycles. The predicted octanol–water partition coefficient (Wildman–Crippen LogP) is -3.45. The minimum absolute atomic E-state index is 0. The van der Waals surface area contributed by atoms with Crippen LogP contribution in [-0.4, -0.2) is 51.4 Å². The predicted molar refractivity (Wildman–Crippen MR) is 76.3 cm³/mol. The number of amides is 2. The number of ether oxygens (including phenoxy) is 1. The number of thioether (sulfide) groups is 1. The Hall–Kier alpha value is -0.420. The van der Waals surface area contributed by atoms with Crippen molar-refractivity contribution >= 4 is 47.6 Å². The summed E-state index contributed by atoms with van der Waals surface area (Å²) in [5.74, 6) is -1.73. The van der Waals surface area contributed by atoms with E-state index in [1.165, 1.54) is 16.7 Å². The maximum absolute atomic E-state index is 12.0. The van der Waals surface area contributed by atoms with E-state index in [4.69, 9.17) is 0 Å². The molecule has 0 aromatic carbocycles. The van der Waals surface area contributed by atoms with Crippen molar-refractivity contribution in [1.29, 1.82) is 0 Å². The van der Waals surface area contributed by atoms with Crippen LogP contribution in [0.2, 0.25) is 0 Å². The fourth-order valence-electron chi connectivity index (χ4n) is 2.21. The van der Waals surface area contributed by atoms with Crippen molar-refractivity contribution in [3.8, 4) is 0 Å². The summed E-state index contributed by atoms with van der Waals surface area (Å²) in [7, 11) is 0. The van der Waals surface area contributed by atoms with E-state index in [0.717, 1.165) is 0 Å². The smallest absolute Gasteiger partial charge is 0.548 e. The fraction of sp³-hybridized carbons (Fsp3) is 0.636. The van der Waals surface area contributed by atoms with Gasteiger partial charge in [-0.1, -0.05) is 0 Å². The monoisotopic (exact) mass is 355 g/mol. The van der Waals surface area contributed by atoms with Gasteiger partial charge in [0.15, 0.2) is 0 Å². The van der Waals surface area contributed by atoms with Gasteiger partial charge in [-0.2, -0.15) is 4.40 Å². The molecule has 1 N–H and O–H groups in total. The Kier molecular flexibility index (Phi) is 6.63. The van der Waals surface area contributed by atoms with Crippen LogP contribution >= 0.6 is 23.9 Å². The maximum atomic E-state index is 12.0. The third-order valence-corrected chi connectivity index (χ3v) is 5.11. The third-order valence-electron chi connectivity index (χ3n) is 3.06. The summed E-state index contributed by atoms with van der Waals surface area (Å²) in [4.78, 5) is 35.5. The Morgan fingerprint density at radius 1 is 1.55 bits per heavy atom. The summed E-state index contributed by atoms with van der Waals surface area (Å²) in [6.07, 6.45) is -0.650. The van der Waals surface area contributed by atoms with Crippen LogP contribution in [0.25, 0.3) is 0 Å². The van der Waals surface area contributed by atoms with E-state index < -0.39 is 34.1 Å². The van der Waals surface area contributed by atoms with Crippen LogP contribution in [0.1, 0.15) is 20.8 Å². The summed E-state index contributed by atoms with van der Waals surface area (Å²) in [6.45, 7) is 5.38. The Morgan fingerprint density at radius 3 is 2.73 bits per heavy atom. The fourth-order valence-corrected chi connectivity index (χ4v) is 4.25. The molecule has 0 aromatic heterocycles. The SMILES string of the molecule is CCOC(=O)NS/N=C1\C(=O)N2[C@@H]1SC(C)(C)[C@@H]2C(=O)[O-].[Na+]. The molecule has 22 heavy (non-hydrogen) atoms. The molecular formula is C11H14N3NaO5S2. The van der Waals surface area contributed by atoms with E-state index in [2.05, 4.69) is 13.9 Å². The summed E-state index contributed by atoms with van der Waals surface area (Å²) in [6, 6.07) is -0.984. The van der Waals surface area contributed by atoms with Gasteiger partial charge >= 0.3 is 35.7 Å². The van der Waals surface area contributed by atoms with Crippen LogP contribution < -0.4 is 39.4 Å². The number of fused-ring (bicyclic) bond motifs is 1. The Bertz CT molecular complexity index is 528. The average molecular weight is 355 g/mol. The molecule has 0 radical (unpaired) electrons. The second kappa shape index (κ2) is 7.43. The zero-order valence-corrected chi connectivity index (χ0v) is 16.2. The first-order chi connectivity index (χ1) is 9.79. The maximum Gasteiger partial charge on any atom is 1.00 e. The molecule has 2 aliphatic heterocycles. The molecule has 2 fully saturated rings. The standard InChI is InChI=1S/C11H15N3O5S2.Na/c1-4-19-10(18)13-21-12-5-7(15)14-6(9(16)17)11(2,3)20-8(5)14;/h6,8H,4H2,1-3H3,(H,13,18)(H,16,17);/q;+1/p-1/b12-5+;/t6-,8+;/m0./s1. The zero-order chi connectivity index (χ0) is 15.8. The van der Waals surface area contributed by atoms with Crippen molar-refractivity contribution in [2.75, 3.05) is 6.61 Å². The van der Waals surface area contributed by atoms with Crippen LogP contribution in [0.15, 0.2) is 4.40 Å². The van der Waals surface area contributed by atoms with Gasteiger partial charge in [-0.25, -0.2) is 9.52 Å². The number of carboxylic acids is 1. The molecule has 2 rings (SSSR count). The van der Waals surface area contributed by atoms with Crippen molar-refractivity contribution in [3.63, 3.8) is 0 Å². The minimum atomic E-state index is -1.28. The molecule has 11 heteroatoms. The van der Waals surface area contributed by atoms with Gasteiger partial charge in [0.05, 0.1) is 30.8 Å². The molecular weight excluding hydrogens is 341 g/mol. The van der Waals surface area contributed by atoms with E-state index in [1.54, 1.807) is 20.8 Å². The van der Waals surface area contributed by atoms with Crippen molar-refractivity contribution in [2.45, 2.75) is 36.9 Å². The largest absolute Gasteiger partial charge is 1.00 e. The van der Waals surface area contributed by atoms with E-state index in [0.29, 0.717) is 12.1 Å². The van der Waals surface area contributed by atoms with Gasteiger partial charge in [-0.3, -0.25) is 4.79 Å². The molecule has 8 nitrogen and oxygen atoms in total. The first kappa shape index (κ1) is 19.6. The van der Waals surface area contributed by atoms with Gasteiger partial charge < -0.3 is 19.5 Å². The van der Waals surface area contributed by atoms with Gasteiger partial charge in [0, 0.05) is 4.75 Å². The van der Waals surface area contributed by atoms with Gasteiger partial charge in [-0.15, -0.1) is 11.8 Å². The number of carbonyl (C=O) groups excluding carboxylic acids is 3. The average Bonchev–Trinajstić information content (AvgIpc) is 2.63. The first-order valence-corrected chi connectivity index (χ1v) is 7.83. The van der Waals surface area contributed by atoms with E-state index in [-0.39, 0.29) is 41.9 Å². The molecule has 0 bridgehead atoms. The molecule has 2 aliphatic rings. The number of hydrogen-bond donors (Lipinski definition) is 1. The molecule has 0 aromatic rings. The zero-order valence-electron chi connectivity index (χ0n) is 12.6. The Labute approximate surface area is 158 Å². The van der Waals surface area contributed by atoms with E-state index in [1.807, 2.05) is 0 Å². The summed E-state index contributed by atoms with van der Waals surface area (Å²) in [5, 5.41) is 10.8. The van der Waals surface area contributed by atoms with Crippen LogP contribution in [0, 0.1) is 0 Å². The molecule has 0 unspecified atom stereocenters.